The van der Waals surface area contributed by atoms with Crippen molar-refractivity contribution in [2.75, 3.05) is 44.3 Å². The van der Waals surface area contributed by atoms with Crippen LogP contribution >= 0.6 is 22.9 Å². The molecule has 2 heterocycles. The van der Waals surface area contributed by atoms with Crippen molar-refractivity contribution in [3.8, 4) is 0 Å². The number of aromatic nitrogens is 1. The van der Waals surface area contributed by atoms with Gasteiger partial charge in [-0.3, -0.25) is 14.6 Å². The second kappa shape index (κ2) is 9.22. The van der Waals surface area contributed by atoms with Crippen LogP contribution in [-0.2, 0) is 4.74 Å². The van der Waals surface area contributed by atoms with Crippen molar-refractivity contribution in [2.45, 2.75) is 13.3 Å². The summed E-state index contributed by atoms with van der Waals surface area (Å²) in [6.45, 7) is 7.02. The summed E-state index contributed by atoms with van der Waals surface area (Å²) in [7, 11) is 0. The third-order valence-corrected chi connectivity index (χ3v) is 6.68. The van der Waals surface area contributed by atoms with Gasteiger partial charge < -0.3 is 4.74 Å². The lowest BCUT2D eigenvalue weighted by Crippen LogP contribution is -2.39. The molecular formula is C22H24ClN3O2S. The number of carbonyl (C=O) groups excluding carboxylic acids is 1. The van der Waals surface area contributed by atoms with Crippen LogP contribution in [0.2, 0.25) is 5.02 Å². The van der Waals surface area contributed by atoms with Gasteiger partial charge in [-0.05, 0) is 37.1 Å². The largest absolute Gasteiger partial charge is 0.379 e. The molecule has 0 unspecified atom stereocenters. The number of halogens is 1. The number of carbonyl (C=O) groups is 1. The highest BCUT2D eigenvalue weighted by Gasteiger charge is 2.22. The maximum atomic E-state index is 13.3. The molecule has 1 amide bonds. The maximum absolute atomic E-state index is 13.3. The summed E-state index contributed by atoms with van der Waals surface area (Å²) in [5, 5.41) is 1.38. The summed E-state index contributed by atoms with van der Waals surface area (Å²) in [5.41, 5.74) is 2.60. The Kier molecular flexibility index (Phi) is 6.45. The molecule has 152 valence electrons. The van der Waals surface area contributed by atoms with E-state index in [-0.39, 0.29) is 5.91 Å². The number of hydrogen-bond acceptors (Lipinski definition) is 5. The van der Waals surface area contributed by atoms with E-state index in [0.29, 0.717) is 22.3 Å². The molecule has 0 radical (unpaired) electrons. The zero-order chi connectivity index (χ0) is 20.2. The normalized spacial score (nSPS) is 15.0. The van der Waals surface area contributed by atoms with Crippen LogP contribution < -0.4 is 4.90 Å². The Morgan fingerprint density at radius 2 is 1.97 bits per heavy atom. The third-order valence-electron chi connectivity index (χ3n) is 5.14. The average molecular weight is 430 g/mol. The first-order valence-electron chi connectivity index (χ1n) is 9.86. The zero-order valence-corrected chi connectivity index (χ0v) is 18.0. The van der Waals surface area contributed by atoms with Crippen molar-refractivity contribution in [2.24, 2.45) is 0 Å². The van der Waals surface area contributed by atoms with E-state index in [9.17, 15) is 4.79 Å². The quantitative estimate of drug-likeness (QED) is 0.573. The molecule has 0 bridgehead atoms. The number of thiazole rings is 1. The van der Waals surface area contributed by atoms with Crippen LogP contribution in [0.15, 0.2) is 42.5 Å². The summed E-state index contributed by atoms with van der Waals surface area (Å²) in [6.07, 6.45) is 0.876. The Morgan fingerprint density at radius 1 is 1.21 bits per heavy atom. The van der Waals surface area contributed by atoms with Crippen molar-refractivity contribution in [3.05, 3.63) is 58.6 Å². The van der Waals surface area contributed by atoms with Gasteiger partial charge >= 0.3 is 0 Å². The summed E-state index contributed by atoms with van der Waals surface area (Å²) in [5.74, 6) is -0.0274. The molecule has 2 aromatic carbocycles. The Hall–Kier alpha value is -1.99. The van der Waals surface area contributed by atoms with Crippen molar-refractivity contribution in [3.63, 3.8) is 0 Å². The number of hydrogen-bond donors (Lipinski definition) is 0. The van der Waals surface area contributed by atoms with Gasteiger partial charge in [-0.1, -0.05) is 47.2 Å². The number of nitrogens with zero attached hydrogens (tertiary/aromatic N) is 3. The Morgan fingerprint density at radius 3 is 2.69 bits per heavy atom. The van der Waals surface area contributed by atoms with Crippen LogP contribution in [0.5, 0.6) is 0 Å². The molecule has 1 fully saturated rings. The van der Waals surface area contributed by atoms with E-state index in [1.54, 1.807) is 4.90 Å². The number of ether oxygens (including phenoxy) is 1. The molecule has 1 aliphatic heterocycles. The van der Waals surface area contributed by atoms with Crippen molar-refractivity contribution in [1.29, 1.82) is 0 Å². The summed E-state index contributed by atoms with van der Waals surface area (Å²) < 4.78 is 6.35. The molecule has 1 aliphatic rings. The number of anilines is 1. The Bertz CT molecular complexity index is 947. The number of benzene rings is 2. The van der Waals surface area contributed by atoms with Gasteiger partial charge in [0.1, 0.15) is 0 Å². The van der Waals surface area contributed by atoms with E-state index in [2.05, 4.69) is 4.90 Å². The number of fused-ring (bicyclic) bond motifs is 1. The minimum atomic E-state index is -0.0274. The molecule has 29 heavy (non-hydrogen) atoms. The average Bonchev–Trinajstić information content (AvgIpc) is 3.21. The molecule has 0 aliphatic carbocycles. The molecule has 7 heteroatoms. The first-order valence-corrected chi connectivity index (χ1v) is 11.1. The second-order valence-electron chi connectivity index (χ2n) is 7.17. The van der Waals surface area contributed by atoms with Crippen LogP contribution in [0.1, 0.15) is 22.3 Å². The molecule has 1 aromatic heterocycles. The van der Waals surface area contributed by atoms with Crippen LogP contribution in [0, 0.1) is 6.92 Å². The lowest BCUT2D eigenvalue weighted by Gasteiger charge is -2.27. The van der Waals surface area contributed by atoms with Gasteiger partial charge in [0.05, 0.1) is 28.5 Å². The highest BCUT2D eigenvalue weighted by Crippen LogP contribution is 2.36. The van der Waals surface area contributed by atoms with Crippen LogP contribution in [0.25, 0.3) is 10.2 Å². The fourth-order valence-corrected chi connectivity index (χ4v) is 4.85. The highest BCUT2D eigenvalue weighted by atomic mass is 35.5. The van der Waals surface area contributed by atoms with Crippen molar-refractivity contribution >= 4 is 44.2 Å². The molecule has 0 N–H and O–H groups in total. The van der Waals surface area contributed by atoms with Crippen LogP contribution in [0.3, 0.4) is 0 Å². The van der Waals surface area contributed by atoms with Gasteiger partial charge in [0.15, 0.2) is 5.13 Å². The molecule has 0 spiro atoms. The number of morpholine rings is 1. The lowest BCUT2D eigenvalue weighted by molar-refractivity contribution is 0.0376. The van der Waals surface area contributed by atoms with E-state index in [4.69, 9.17) is 21.3 Å². The predicted molar refractivity (Wildman–Crippen MR) is 119 cm³/mol. The van der Waals surface area contributed by atoms with Gasteiger partial charge in [-0.15, -0.1) is 0 Å². The standard InChI is InChI=1S/C22H24ClN3O2S/c1-16-8-9-18(23)20-19(16)24-22(29-20)26(21(27)17-6-3-2-4-7-17)11-5-10-25-12-14-28-15-13-25/h2-4,6-9H,5,10-15H2,1H3. The maximum Gasteiger partial charge on any atom is 0.260 e. The van der Waals surface area contributed by atoms with Gasteiger partial charge in [-0.2, -0.15) is 0 Å². The second-order valence-corrected chi connectivity index (χ2v) is 8.55. The minimum absolute atomic E-state index is 0.0274. The van der Waals surface area contributed by atoms with E-state index in [1.165, 1.54) is 11.3 Å². The van der Waals surface area contributed by atoms with Gasteiger partial charge in [0.2, 0.25) is 0 Å². The molecule has 1 saturated heterocycles. The van der Waals surface area contributed by atoms with E-state index in [1.807, 2.05) is 49.4 Å². The third kappa shape index (κ3) is 4.61. The topological polar surface area (TPSA) is 45.7 Å². The first kappa shape index (κ1) is 20.3. The molecule has 5 nitrogen and oxygen atoms in total. The van der Waals surface area contributed by atoms with Crippen LogP contribution in [0.4, 0.5) is 5.13 Å². The van der Waals surface area contributed by atoms with E-state index >= 15 is 0 Å². The summed E-state index contributed by atoms with van der Waals surface area (Å²) >= 11 is 7.88. The molecule has 4 rings (SSSR count). The van der Waals surface area contributed by atoms with E-state index < -0.39 is 0 Å². The fraction of sp³-hybridized carbons (Fsp3) is 0.364. The van der Waals surface area contributed by atoms with Gasteiger partial charge in [0.25, 0.3) is 5.91 Å². The lowest BCUT2D eigenvalue weighted by atomic mass is 10.2. The van der Waals surface area contributed by atoms with Gasteiger partial charge in [0, 0.05) is 31.7 Å². The molecule has 0 atom stereocenters. The van der Waals surface area contributed by atoms with Crippen molar-refractivity contribution < 1.29 is 9.53 Å². The first-order chi connectivity index (χ1) is 14.1. The Balaban J connectivity index is 1.60. The van der Waals surface area contributed by atoms with Gasteiger partial charge in [-0.25, -0.2) is 4.98 Å². The minimum Gasteiger partial charge on any atom is -0.379 e. The highest BCUT2D eigenvalue weighted by molar-refractivity contribution is 7.23. The monoisotopic (exact) mass is 429 g/mol. The zero-order valence-electron chi connectivity index (χ0n) is 16.4. The van der Waals surface area contributed by atoms with Crippen molar-refractivity contribution in [1.82, 2.24) is 9.88 Å². The smallest absolute Gasteiger partial charge is 0.260 e. The fourth-order valence-electron chi connectivity index (χ4n) is 3.50. The predicted octanol–water partition coefficient (Wildman–Crippen LogP) is 4.63. The summed E-state index contributed by atoms with van der Waals surface area (Å²) in [6, 6.07) is 13.3. The molecule has 3 aromatic rings. The van der Waals surface area contributed by atoms with E-state index in [0.717, 1.165) is 55.0 Å². The summed E-state index contributed by atoms with van der Waals surface area (Å²) in [4.78, 5) is 22.3. The molecule has 0 saturated carbocycles. The SMILES string of the molecule is Cc1ccc(Cl)c2sc(N(CCCN3CCOCC3)C(=O)c3ccccc3)nc12. The van der Waals surface area contributed by atoms with Crippen LogP contribution in [-0.4, -0.2) is 55.2 Å². The molecular weight excluding hydrogens is 406 g/mol. The number of aryl methyl sites for hydroxylation is 1. The Labute approximate surface area is 179 Å². The number of rotatable bonds is 6. The number of amides is 1.